The SMILES string of the molecule is NC(=O)c1ccc(-c2cnc(NC3CCN(C(=O)O)CC3)nc2)cc1. The molecule has 0 unspecified atom stereocenters. The lowest BCUT2D eigenvalue weighted by Crippen LogP contribution is -2.41. The monoisotopic (exact) mass is 341 g/mol. The summed E-state index contributed by atoms with van der Waals surface area (Å²) in [6, 6.07) is 7.09. The number of nitrogens with zero attached hydrogens (tertiary/aromatic N) is 3. The van der Waals surface area contributed by atoms with Crippen molar-refractivity contribution in [1.29, 1.82) is 0 Å². The molecule has 8 nitrogen and oxygen atoms in total. The van der Waals surface area contributed by atoms with Crippen molar-refractivity contribution < 1.29 is 14.7 Å². The standard InChI is InChI=1S/C17H19N5O3/c18-15(23)12-3-1-11(2-4-12)13-9-19-16(20-10-13)21-14-5-7-22(8-6-14)17(24)25/h1-4,9-10,14H,5-8H2,(H2,18,23)(H,24,25)(H,19,20,21). The number of anilines is 1. The van der Waals surface area contributed by atoms with Crippen LogP contribution in [0.1, 0.15) is 23.2 Å². The Morgan fingerprint density at radius 2 is 1.68 bits per heavy atom. The highest BCUT2D eigenvalue weighted by atomic mass is 16.4. The van der Waals surface area contributed by atoms with Crippen molar-refractivity contribution in [3.05, 3.63) is 42.2 Å². The maximum Gasteiger partial charge on any atom is 0.407 e. The van der Waals surface area contributed by atoms with Crippen LogP contribution in [0.3, 0.4) is 0 Å². The van der Waals surface area contributed by atoms with E-state index in [1.165, 1.54) is 4.90 Å². The number of benzene rings is 1. The molecule has 0 radical (unpaired) electrons. The van der Waals surface area contributed by atoms with E-state index in [2.05, 4.69) is 15.3 Å². The Kier molecular flexibility index (Phi) is 4.78. The average Bonchev–Trinajstić information content (AvgIpc) is 2.63. The number of carbonyl (C=O) groups is 2. The lowest BCUT2D eigenvalue weighted by Gasteiger charge is -2.30. The van der Waals surface area contributed by atoms with Crippen molar-refractivity contribution in [3.63, 3.8) is 0 Å². The van der Waals surface area contributed by atoms with Crippen LogP contribution in [-0.4, -0.2) is 51.1 Å². The number of hydrogen-bond donors (Lipinski definition) is 3. The first-order valence-corrected chi connectivity index (χ1v) is 7.99. The van der Waals surface area contributed by atoms with Gasteiger partial charge in [0.15, 0.2) is 0 Å². The second kappa shape index (κ2) is 7.16. The summed E-state index contributed by atoms with van der Waals surface area (Å²) in [5.74, 6) is 0.0579. The molecule has 1 aliphatic heterocycles. The van der Waals surface area contributed by atoms with Crippen molar-refractivity contribution in [1.82, 2.24) is 14.9 Å². The summed E-state index contributed by atoms with van der Waals surface area (Å²) in [6.07, 6.45) is 4.00. The Morgan fingerprint density at radius 1 is 1.08 bits per heavy atom. The van der Waals surface area contributed by atoms with Gasteiger partial charge in [-0.3, -0.25) is 4.79 Å². The highest BCUT2D eigenvalue weighted by Gasteiger charge is 2.22. The van der Waals surface area contributed by atoms with E-state index in [-0.39, 0.29) is 6.04 Å². The molecule has 25 heavy (non-hydrogen) atoms. The number of piperidine rings is 1. The van der Waals surface area contributed by atoms with Crippen molar-refractivity contribution in [2.45, 2.75) is 18.9 Å². The van der Waals surface area contributed by atoms with E-state index in [4.69, 9.17) is 10.8 Å². The number of carboxylic acid groups (broad SMARTS) is 1. The molecule has 2 aromatic rings. The number of hydrogen-bond acceptors (Lipinski definition) is 5. The van der Waals surface area contributed by atoms with E-state index in [9.17, 15) is 9.59 Å². The molecule has 130 valence electrons. The summed E-state index contributed by atoms with van der Waals surface area (Å²) in [7, 11) is 0. The summed E-state index contributed by atoms with van der Waals surface area (Å²) < 4.78 is 0. The predicted molar refractivity (Wildman–Crippen MR) is 92.2 cm³/mol. The highest BCUT2D eigenvalue weighted by Crippen LogP contribution is 2.20. The Bertz CT molecular complexity index is 753. The van der Waals surface area contributed by atoms with Gasteiger partial charge in [-0.2, -0.15) is 0 Å². The molecule has 0 spiro atoms. The van der Waals surface area contributed by atoms with Gasteiger partial charge in [-0.1, -0.05) is 12.1 Å². The number of carbonyl (C=O) groups excluding carboxylic acids is 1. The Labute approximate surface area is 144 Å². The quantitative estimate of drug-likeness (QED) is 0.779. The molecule has 2 heterocycles. The molecular formula is C17H19N5O3. The van der Waals surface area contributed by atoms with E-state index >= 15 is 0 Å². The molecule has 0 aliphatic carbocycles. The van der Waals surface area contributed by atoms with Gasteiger partial charge in [-0.25, -0.2) is 14.8 Å². The third kappa shape index (κ3) is 4.03. The summed E-state index contributed by atoms with van der Waals surface area (Å²) in [5, 5.41) is 12.2. The molecule has 2 amide bonds. The van der Waals surface area contributed by atoms with Crippen LogP contribution < -0.4 is 11.1 Å². The molecule has 4 N–H and O–H groups in total. The van der Waals surface area contributed by atoms with Crippen LogP contribution in [0.4, 0.5) is 10.7 Å². The fourth-order valence-corrected chi connectivity index (χ4v) is 2.78. The summed E-state index contributed by atoms with van der Waals surface area (Å²) in [4.78, 5) is 32.0. The number of aromatic nitrogens is 2. The van der Waals surface area contributed by atoms with Crippen LogP contribution in [0.25, 0.3) is 11.1 Å². The van der Waals surface area contributed by atoms with Gasteiger partial charge in [0.25, 0.3) is 0 Å². The molecular weight excluding hydrogens is 322 g/mol. The first-order chi connectivity index (χ1) is 12.0. The summed E-state index contributed by atoms with van der Waals surface area (Å²) in [5.41, 5.74) is 7.41. The molecule has 8 heteroatoms. The van der Waals surface area contributed by atoms with Gasteiger partial charge in [0, 0.05) is 42.7 Å². The minimum absolute atomic E-state index is 0.163. The minimum Gasteiger partial charge on any atom is -0.465 e. The highest BCUT2D eigenvalue weighted by molar-refractivity contribution is 5.93. The minimum atomic E-state index is -0.874. The summed E-state index contributed by atoms with van der Waals surface area (Å²) in [6.45, 7) is 1.02. The number of nitrogens with two attached hydrogens (primary N) is 1. The Morgan fingerprint density at radius 3 is 2.20 bits per heavy atom. The van der Waals surface area contributed by atoms with Gasteiger partial charge in [-0.05, 0) is 30.5 Å². The van der Waals surface area contributed by atoms with Crippen LogP contribution in [0.5, 0.6) is 0 Å². The fraction of sp³-hybridized carbons (Fsp3) is 0.294. The van der Waals surface area contributed by atoms with E-state index in [1.807, 2.05) is 0 Å². The molecule has 0 saturated carbocycles. The maximum absolute atomic E-state index is 11.1. The lowest BCUT2D eigenvalue weighted by atomic mass is 10.1. The van der Waals surface area contributed by atoms with Gasteiger partial charge in [0.1, 0.15) is 0 Å². The molecule has 3 rings (SSSR count). The second-order valence-electron chi connectivity index (χ2n) is 5.93. The zero-order chi connectivity index (χ0) is 17.8. The maximum atomic E-state index is 11.1. The van der Waals surface area contributed by atoms with Crippen LogP contribution in [0, 0.1) is 0 Å². The smallest absolute Gasteiger partial charge is 0.407 e. The normalized spacial score (nSPS) is 15.0. The van der Waals surface area contributed by atoms with Gasteiger partial charge < -0.3 is 21.1 Å². The average molecular weight is 341 g/mol. The van der Waals surface area contributed by atoms with Gasteiger partial charge in [0.2, 0.25) is 11.9 Å². The first-order valence-electron chi connectivity index (χ1n) is 7.99. The molecule has 1 aromatic heterocycles. The number of likely N-dealkylation sites (tertiary alicyclic amines) is 1. The zero-order valence-electron chi connectivity index (χ0n) is 13.6. The summed E-state index contributed by atoms with van der Waals surface area (Å²) >= 11 is 0. The van der Waals surface area contributed by atoms with Crippen molar-refractivity contribution >= 4 is 17.9 Å². The topological polar surface area (TPSA) is 121 Å². The van der Waals surface area contributed by atoms with Crippen LogP contribution >= 0.6 is 0 Å². The van der Waals surface area contributed by atoms with Crippen LogP contribution in [-0.2, 0) is 0 Å². The molecule has 1 saturated heterocycles. The van der Waals surface area contributed by atoms with Gasteiger partial charge in [-0.15, -0.1) is 0 Å². The Balaban J connectivity index is 1.61. The van der Waals surface area contributed by atoms with Crippen LogP contribution in [0.15, 0.2) is 36.7 Å². The number of nitrogens with one attached hydrogen (secondary N) is 1. The predicted octanol–water partition coefficient (Wildman–Crippen LogP) is 1.80. The fourth-order valence-electron chi connectivity index (χ4n) is 2.78. The van der Waals surface area contributed by atoms with Crippen LogP contribution in [0.2, 0.25) is 0 Å². The third-order valence-corrected chi connectivity index (χ3v) is 4.25. The van der Waals surface area contributed by atoms with Crippen molar-refractivity contribution in [2.75, 3.05) is 18.4 Å². The molecule has 1 fully saturated rings. The molecule has 1 aliphatic rings. The molecule has 0 atom stereocenters. The largest absolute Gasteiger partial charge is 0.465 e. The number of rotatable bonds is 4. The second-order valence-corrected chi connectivity index (χ2v) is 5.93. The lowest BCUT2D eigenvalue weighted by molar-refractivity contribution is 0.1000. The zero-order valence-corrected chi connectivity index (χ0v) is 13.6. The number of amides is 2. The van der Waals surface area contributed by atoms with Crippen molar-refractivity contribution in [2.24, 2.45) is 5.73 Å². The van der Waals surface area contributed by atoms with E-state index in [0.717, 1.165) is 24.0 Å². The van der Waals surface area contributed by atoms with E-state index < -0.39 is 12.0 Å². The van der Waals surface area contributed by atoms with E-state index in [1.54, 1.807) is 36.7 Å². The third-order valence-electron chi connectivity index (χ3n) is 4.25. The van der Waals surface area contributed by atoms with Gasteiger partial charge >= 0.3 is 6.09 Å². The first kappa shape index (κ1) is 16.7. The van der Waals surface area contributed by atoms with Gasteiger partial charge in [0.05, 0.1) is 0 Å². The molecule has 1 aromatic carbocycles. The Hall–Kier alpha value is -3.16. The number of primary amides is 1. The molecule has 0 bridgehead atoms. The van der Waals surface area contributed by atoms with Crippen molar-refractivity contribution in [3.8, 4) is 11.1 Å². The van der Waals surface area contributed by atoms with E-state index in [0.29, 0.717) is 24.6 Å².